The number of hydrogen-bond donors (Lipinski definition) is 1. The summed E-state index contributed by atoms with van der Waals surface area (Å²) in [6.07, 6.45) is 5.98. The number of amides is 1. The lowest BCUT2D eigenvalue weighted by molar-refractivity contribution is -0.116. The average molecular weight is 237 g/mol. The lowest BCUT2D eigenvalue weighted by Gasteiger charge is -2.01. The van der Waals surface area contributed by atoms with Crippen LogP contribution >= 0.6 is 11.3 Å². The van der Waals surface area contributed by atoms with Gasteiger partial charge < -0.3 is 5.32 Å². The molecule has 6 nitrogen and oxygen atoms in total. The van der Waals surface area contributed by atoms with Crippen LogP contribution < -0.4 is 5.32 Å². The lowest BCUT2D eigenvalue weighted by atomic mass is 10.3. The van der Waals surface area contributed by atoms with Crippen molar-refractivity contribution in [2.45, 2.75) is 19.4 Å². The van der Waals surface area contributed by atoms with Gasteiger partial charge in [0.2, 0.25) is 5.91 Å². The molecule has 7 heteroatoms. The minimum atomic E-state index is -0.0185. The number of aromatic nitrogens is 4. The Labute approximate surface area is 96.3 Å². The number of nitrogens with one attached hydrogen (secondary N) is 1. The van der Waals surface area contributed by atoms with Crippen molar-refractivity contribution in [2.24, 2.45) is 0 Å². The SMILES string of the molecule is O=C(CCCn1cncn1)Nc1nccs1. The normalized spacial score (nSPS) is 10.2. The predicted molar refractivity (Wildman–Crippen MR) is 60.0 cm³/mol. The molecular weight excluding hydrogens is 226 g/mol. The average Bonchev–Trinajstić information content (AvgIpc) is 2.90. The van der Waals surface area contributed by atoms with Gasteiger partial charge in [-0.05, 0) is 6.42 Å². The number of rotatable bonds is 5. The number of carbonyl (C=O) groups excluding carboxylic acids is 1. The first-order chi connectivity index (χ1) is 7.84. The fraction of sp³-hybridized carbons (Fsp3) is 0.333. The van der Waals surface area contributed by atoms with E-state index in [1.807, 2.05) is 5.38 Å². The molecule has 0 fully saturated rings. The Morgan fingerprint density at radius 2 is 2.50 bits per heavy atom. The van der Waals surface area contributed by atoms with E-state index in [9.17, 15) is 4.79 Å². The molecule has 0 bridgehead atoms. The van der Waals surface area contributed by atoms with Crippen LogP contribution in [0.15, 0.2) is 24.2 Å². The van der Waals surface area contributed by atoms with Crippen molar-refractivity contribution in [3.05, 3.63) is 24.2 Å². The van der Waals surface area contributed by atoms with E-state index in [4.69, 9.17) is 0 Å². The molecule has 0 unspecified atom stereocenters. The van der Waals surface area contributed by atoms with Gasteiger partial charge in [0.05, 0.1) is 0 Å². The van der Waals surface area contributed by atoms with Crippen LogP contribution in [0.3, 0.4) is 0 Å². The minimum absolute atomic E-state index is 0.0185. The maximum atomic E-state index is 11.4. The van der Waals surface area contributed by atoms with Crippen LogP contribution in [-0.2, 0) is 11.3 Å². The summed E-state index contributed by atoms with van der Waals surface area (Å²) in [5.41, 5.74) is 0. The number of carbonyl (C=O) groups is 1. The lowest BCUT2D eigenvalue weighted by Crippen LogP contribution is -2.12. The summed E-state index contributed by atoms with van der Waals surface area (Å²) < 4.78 is 1.71. The molecular formula is C9H11N5OS. The van der Waals surface area contributed by atoms with Gasteiger partial charge in [-0.3, -0.25) is 9.48 Å². The van der Waals surface area contributed by atoms with Gasteiger partial charge in [0, 0.05) is 24.5 Å². The van der Waals surface area contributed by atoms with Crippen molar-refractivity contribution in [3.8, 4) is 0 Å². The van der Waals surface area contributed by atoms with Gasteiger partial charge in [0.25, 0.3) is 0 Å². The van der Waals surface area contributed by atoms with Crippen LogP contribution in [0, 0.1) is 0 Å². The standard InChI is InChI=1S/C9H11N5OS/c15-8(13-9-11-3-5-16-9)2-1-4-14-7-10-6-12-14/h3,5-7H,1-2,4H2,(H,11,13,15). The molecule has 2 aromatic heterocycles. The van der Waals surface area contributed by atoms with Gasteiger partial charge in [0.15, 0.2) is 5.13 Å². The van der Waals surface area contributed by atoms with E-state index in [1.54, 1.807) is 17.2 Å². The van der Waals surface area contributed by atoms with Gasteiger partial charge in [-0.25, -0.2) is 9.97 Å². The first kappa shape index (κ1) is 10.7. The van der Waals surface area contributed by atoms with Crippen molar-refractivity contribution in [3.63, 3.8) is 0 Å². The van der Waals surface area contributed by atoms with E-state index in [1.165, 1.54) is 17.7 Å². The van der Waals surface area contributed by atoms with Crippen LogP contribution in [-0.4, -0.2) is 25.7 Å². The van der Waals surface area contributed by atoms with E-state index in [0.29, 0.717) is 18.1 Å². The summed E-state index contributed by atoms with van der Waals surface area (Å²) in [4.78, 5) is 19.2. The molecule has 0 saturated carbocycles. The minimum Gasteiger partial charge on any atom is -0.302 e. The van der Waals surface area contributed by atoms with Crippen LogP contribution in [0.1, 0.15) is 12.8 Å². The monoisotopic (exact) mass is 237 g/mol. The molecule has 0 aliphatic carbocycles. The van der Waals surface area contributed by atoms with Crippen molar-refractivity contribution >= 4 is 22.4 Å². The Morgan fingerprint density at radius 3 is 3.19 bits per heavy atom. The van der Waals surface area contributed by atoms with E-state index in [2.05, 4.69) is 20.4 Å². The highest BCUT2D eigenvalue weighted by atomic mass is 32.1. The van der Waals surface area contributed by atoms with E-state index in [0.717, 1.165) is 6.42 Å². The molecule has 0 aliphatic rings. The highest BCUT2D eigenvalue weighted by Gasteiger charge is 2.03. The fourth-order valence-corrected chi connectivity index (χ4v) is 1.76. The van der Waals surface area contributed by atoms with Crippen molar-refractivity contribution in [1.82, 2.24) is 19.7 Å². The zero-order valence-corrected chi connectivity index (χ0v) is 9.35. The Bertz CT molecular complexity index is 425. The first-order valence-electron chi connectivity index (χ1n) is 4.86. The zero-order valence-electron chi connectivity index (χ0n) is 8.54. The van der Waals surface area contributed by atoms with Gasteiger partial charge in [-0.1, -0.05) is 0 Å². The highest BCUT2D eigenvalue weighted by molar-refractivity contribution is 7.13. The van der Waals surface area contributed by atoms with Crippen LogP contribution in [0.4, 0.5) is 5.13 Å². The number of thiazole rings is 1. The number of hydrogen-bond acceptors (Lipinski definition) is 5. The fourth-order valence-electron chi connectivity index (χ4n) is 1.22. The molecule has 0 spiro atoms. The molecule has 0 radical (unpaired) electrons. The Kier molecular flexibility index (Phi) is 3.60. The topological polar surface area (TPSA) is 72.7 Å². The van der Waals surface area contributed by atoms with E-state index < -0.39 is 0 Å². The third-order valence-electron chi connectivity index (χ3n) is 1.94. The van der Waals surface area contributed by atoms with Crippen LogP contribution in [0.5, 0.6) is 0 Å². The Morgan fingerprint density at radius 1 is 1.56 bits per heavy atom. The highest BCUT2D eigenvalue weighted by Crippen LogP contribution is 2.10. The van der Waals surface area contributed by atoms with Crippen LogP contribution in [0.2, 0.25) is 0 Å². The zero-order chi connectivity index (χ0) is 11.2. The van der Waals surface area contributed by atoms with Gasteiger partial charge in [0.1, 0.15) is 12.7 Å². The summed E-state index contributed by atoms with van der Waals surface area (Å²) >= 11 is 1.41. The van der Waals surface area contributed by atoms with Crippen LogP contribution in [0.25, 0.3) is 0 Å². The third kappa shape index (κ3) is 3.13. The summed E-state index contributed by atoms with van der Waals surface area (Å²) in [5, 5.41) is 9.15. The maximum Gasteiger partial charge on any atom is 0.226 e. The molecule has 0 aliphatic heterocycles. The van der Waals surface area contributed by atoms with E-state index >= 15 is 0 Å². The van der Waals surface area contributed by atoms with E-state index in [-0.39, 0.29) is 5.91 Å². The quantitative estimate of drug-likeness (QED) is 0.846. The summed E-state index contributed by atoms with van der Waals surface area (Å²) in [6.45, 7) is 0.700. The first-order valence-corrected chi connectivity index (χ1v) is 5.74. The van der Waals surface area contributed by atoms with Gasteiger partial charge in [-0.2, -0.15) is 5.10 Å². The second kappa shape index (κ2) is 5.36. The van der Waals surface area contributed by atoms with Gasteiger partial charge in [-0.15, -0.1) is 11.3 Å². The molecule has 0 saturated heterocycles. The molecule has 0 aromatic carbocycles. The largest absolute Gasteiger partial charge is 0.302 e. The number of aryl methyl sites for hydroxylation is 1. The molecule has 16 heavy (non-hydrogen) atoms. The number of anilines is 1. The summed E-state index contributed by atoms with van der Waals surface area (Å²) in [6, 6.07) is 0. The predicted octanol–water partition coefficient (Wildman–Crippen LogP) is 1.15. The molecule has 1 amide bonds. The summed E-state index contributed by atoms with van der Waals surface area (Å²) in [5.74, 6) is -0.0185. The second-order valence-electron chi connectivity index (χ2n) is 3.15. The maximum absolute atomic E-state index is 11.4. The molecule has 2 aromatic rings. The third-order valence-corrected chi connectivity index (χ3v) is 2.62. The second-order valence-corrected chi connectivity index (χ2v) is 4.04. The Hall–Kier alpha value is -1.76. The molecule has 1 N–H and O–H groups in total. The molecule has 2 rings (SSSR count). The number of nitrogens with zero attached hydrogens (tertiary/aromatic N) is 4. The Balaban J connectivity index is 1.68. The smallest absolute Gasteiger partial charge is 0.226 e. The van der Waals surface area contributed by atoms with Crippen molar-refractivity contribution < 1.29 is 4.79 Å². The molecule has 84 valence electrons. The van der Waals surface area contributed by atoms with Crippen molar-refractivity contribution in [1.29, 1.82) is 0 Å². The molecule has 0 atom stereocenters. The van der Waals surface area contributed by atoms with Crippen molar-refractivity contribution in [2.75, 3.05) is 5.32 Å². The summed E-state index contributed by atoms with van der Waals surface area (Å²) in [7, 11) is 0. The van der Waals surface area contributed by atoms with Gasteiger partial charge >= 0.3 is 0 Å². The molecule has 2 heterocycles.